The van der Waals surface area contributed by atoms with E-state index in [1.54, 1.807) is 25.3 Å². The van der Waals surface area contributed by atoms with Crippen molar-refractivity contribution in [2.75, 3.05) is 7.11 Å². The average molecular weight is 342 g/mol. The van der Waals surface area contributed by atoms with Gasteiger partial charge in [-0.05, 0) is 55.4 Å². The van der Waals surface area contributed by atoms with Crippen molar-refractivity contribution < 1.29 is 13.2 Å². The maximum atomic E-state index is 12.8. The molecular weight excluding hydrogens is 310 g/mol. The quantitative estimate of drug-likeness (QED) is 0.839. The number of hydrogen-bond donors (Lipinski definition) is 1. The second kappa shape index (κ2) is 6.81. The number of ether oxygens (including phenoxy) is 1. The van der Waals surface area contributed by atoms with Crippen LogP contribution in [0.3, 0.4) is 0 Å². The van der Waals surface area contributed by atoms with E-state index in [1.165, 1.54) is 0 Å². The van der Waals surface area contributed by atoms with Crippen molar-refractivity contribution in [1.82, 2.24) is 4.72 Å². The molecule has 0 aromatic heterocycles. The van der Waals surface area contributed by atoms with E-state index in [9.17, 15) is 8.42 Å². The Bertz CT molecular complexity index is 641. The van der Waals surface area contributed by atoms with Crippen molar-refractivity contribution in [3.05, 3.63) is 23.8 Å². The molecular formula is C18H31NO3S. The first kappa shape index (κ1) is 20.0. The van der Waals surface area contributed by atoms with Gasteiger partial charge < -0.3 is 4.74 Å². The number of benzene rings is 1. The predicted molar refractivity (Wildman–Crippen MR) is 95.6 cm³/mol. The molecule has 4 nitrogen and oxygen atoms in total. The Morgan fingerprint density at radius 2 is 1.70 bits per heavy atom. The van der Waals surface area contributed by atoms with Gasteiger partial charge in [-0.25, -0.2) is 13.1 Å². The monoisotopic (exact) mass is 341 g/mol. The number of sulfonamides is 1. The number of hydrogen-bond acceptors (Lipinski definition) is 3. The molecule has 0 heterocycles. The molecule has 0 saturated heterocycles. The summed E-state index contributed by atoms with van der Waals surface area (Å²) in [5, 5.41) is 0. The van der Waals surface area contributed by atoms with E-state index in [-0.39, 0.29) is 16.2 Å². The van der Waals surface area contributed by atoms with Crippen molar-refractivity contribution in [2.45, 2.75) is 71.2 Å². The molecule has 0 unspecified atom stereocenters. The smallest absolute Gasteiger partial charge is 0.241 e. The third-order valence-corrected chi connectivity index (χ3v) is 5.21. The van der Waals surface area contributed by atoms with Gasteiger partial charge in [-0.1, -0.05) is 34.6 Å². The third kappa shape index (κ3) is 5.81. The van der Waals surface area contributed by atoms with Crippen LogP contribution in [-0.2, 0) is 10.0 Å². The summed E-state index contributed by atoms with van der Waals surface area (Å²) in [7, 11) is -1.98. The standard InChI is InChI=1S/C18H31NO3S/c1-13(2)15-11-14(9-10-16(15)22-8)23(20,21)19-18(6,7)12-17(3,4)5/h9-11,13,19H,12H2,1-8H3. The minimum Gasteiger partial charge on any atom is -0.496 e. The van der Waals surface area contributed by atoms with Crippen LogP contribution in [0.15, 0.2) is 23.1 Å². The fourth-order valence-corrected chi connectivity index (χ4v) is 4.56. The summed E-state index contributed by atoms with van der Waals surface area (Å²) in [6.45, 7) is 14.2. The molecule has 1 aromatic carbocycles. The zero-order valence-electron chi connectivity index (χ0n) is 15.6. The zero-order valence-corrected chi connectivity index (χ0v) is 16.5. The molecule has 0 amide bonds. The van der Waals surface area contributed by atoms with Gasteiger partial charge in [0.05, 0.1) is 12.0 Å². The largest absolute Gasteiger partial charge is 0.496 e. The van der Waals surface area contributed by atoms with Gasteiger partial charge in [0, 0.05) is 5.54 Å². The highest BCUT2D eigenvalue weighted by molar-refractivity contribution is 7.89. The van der Waals surface area contributed by atoms with Crippen molar-refractivity contribution in [2.24, 2.45) is 5.41 Å². The first-order valence-electron chi connectivity index (χ1n) is 7.99. The molecule has 0 spiro atoms. The van der Waals surface area contributed by atoms with Crippen LogP contribution < -0.4 is 9.46 Å². The Morgan fingerprint density at radius 3 is 2.13 bits per heavy atom. The summed E-state index contributed by atoms with van der Waals surface area (Å²) < 4.78 is 33.7. The summed E-state index contributed by atoms with van der Waals surface area (Å²) in [6, 6.07) is 5.03. The highest BCUT2D eigenvalue weighted by Gasteiger charge is 2.31. The van der Waals surface area contributed by atoms with E-state index in [4.69, 9.17) is 4.74 Å². The lowest BCUT2D eigenvalue weighted by molar-refractivity contribution is 0.269. The van der Waals surface area contributed by atoms with Crippen LogP contribution in [0.2, 0.25) is 0 Å². The lowest BCUT2D eigenvalue weighted by Crippen LogP contribution is -2.45. The molecule has 5 heteroatoms. The average Bonchev–Trinajstić information content (AvgIpc) is 2.33. The van der Waals surface area contributed by atoms with E-state index in [0.717, 1.165) is 12.0 Å². The number of nitrogens with one attached hydrogen (secondary N) is 1. The fraction of sp³-hybridized carbons (Fsp3) is 0.667. The van der Waals surface area contributed by atoms with E-state index in [0.29, 0.717) is 5.75 Å². The summed E-state index contributed by atoms with van der Waals surface area (Å²) in [4.78, 5) is 0.281. The molecule has 1 N–H and O–H groups in total. The Kier molecular flexibility index (Phi) is 5.92. The van der Waals surface area contributed by atoms with Crippen LogP contribution in [0.5, 0.6) is 5.75 Å². The van der Waals surface area contributed by atoms with Crippen LogP contribution in [-0.4, -0.2) is 21.1 Å². The highest BCUT2D eigenvalue weighted by Crippen LogP contribution is 2.31. The third-order valence-electron chi connectivity index (χ3n) is 3.52. The summed E-state index contributed by atoms with van der Waals surface area (Å²) in [6.07, 6.45) is 0.742. The lowest BCUT2D eigenvalue weighted by Gasteiger charge is -2.33. The normalized spacial score (nSPS) is 13.4. The van der Waals surface area contributed by atoms with Gasteiger partial charge in [-0.15, -0.1) is 0 Å². The van der Waals surface area contributed by atoms with Gasteiger partial charge in [0.15, 0.2) is 0 Å². The molecule has 132 valence electrons. The Hall–Kier alpha value is -1.07. The van der Waals surface area contributed by atoms with Crippen LogP contribution in [0.25, 0.3) is 0 Å². The lowest BCUT2D eigenvalue weighted by atomic mass is 9.82. The van der Waals surface area contributed by atoms with Gasteiger partial charge in [0.1, 0.15) is 5.75 Å². The summed E-state index contributed by atoms with van der Waals surface area (Å²) >= 11 is 0. The SMILES string of the molecule is COc1ccc(S(=O)(=O)NC(C)(C)CC(C)(C)C)cc1C(C)C. The minimum absolute atomic E-state index is 0.0367. The van der Waals surface area contributed by atoms with Crippen LogP contribution in [0.4, 0.5) is 0 Å². The highest BCUT2D eigenvalue weighted by atomic mass is 32.2. The van der Waals surface area contributed by atoms with Gasteiger partial charge in [0.2, 0.25) is 10.0 Å². The molecule has 0 bridgehead atoms. The van der Waals surface area contributed by atoms with E-state index in [1.807, 2.05) is 27.7 Å². The van der Waals surface area contributed by atoms with Crippen LogP contribution in [0, 0.1) is 5.41 Å². The number of rotatable bonds is 6. The first-order chi connectivity index (χ1) is 10.3. The molecule has 0 aliphatic heterocycles. The van der Waals surface area contributed by atoms with Crippen molar-refractivity contribution in [3.8, 4) is 5.75 Å². The van der Waals surface area contributed by atoms with Gasteiger partial charge >= 0.3 is 0 Å². The molecule has 0 saturated carbocycles. The molecule has 23 heavy (non-hydrogen) atoms. The summed E-state index contributed by atoms with van der Waals surface area (Å²) in [5.74, 6) is 0.899. The maximum absolute atomic E-state index is 12.8. The second-order valence-electron chi connectivity index (χ2n) is 8.29. The zero-order chi connectivity index (χ0) is 18.1. The summed E-state index contributed by atoms with van der Waals surface area (Å²) in [5.41, 5.74) is 0.410. The number of methoxy groups -OCH3 is 1. The topological polar surface area (TPSA) is 55.4 Å². The van der Waals surface area contributed by atoms with Crippen LogP contribution in [0.1, 0.15) is 66.4 Å². The molecule has 0 fully saturated rings. The van der Waals surface area contributed by atoms with Gasteiger partial charge in [-0.3, -0.25) is 0 Å². The van der Waals surface area contributed by atoms with Crippen molar-refractivity contribution in [3.63, 3.8) is 0 Å². The Morgan fingerprint density at radius 1 is 1.13 bits per heavy atom. The molecule has 0 atom stereocenters. The van der Waals surface area contributed by atoms with E-state index < -0.39 is 15.6 Å². The second-order valence-corrected chi connectivity index (χ2v) is 9.97. The predicted octanol–water partition coefficient (Wildman–Crippen LogP) is 4.31. The first-order valence-corrected chi connectivity index (χ1v) is 9.48. The molecule has 0 aliphatic rings. The molecule has 0 aliphatic carbocycles. The molecule has 0 radical (unpaired) electrons. The van der Waals surface area contributed by atoms with E-state index >= 15 is 0 Å². The van der Waals surface area contributed by atoms with Crippen LogP contribution >= 0.6 is 0 Å². The Labute approximate surface area is 141 Å². The van der Waals surface area contributed by atoms with Crippen molar-refractivity contribution >= 4 is 10.0 Å². The maximum Gasteiger partial charge on any atom is 0.241 e. The minimum atomic E-state index is -3.58. The fourth-order valence-electron chi connectivity index (χ4n) is 3.12. The van der Waals surface area contributed by atoms with Gasteiger partial charge in [0.25, 0.3) is 0 Å². The molecule has 1 aromatic rings. The van der Waals surface area contributed by atoms with Gasteiger partial charge in [-0.2, -0.15) is 0 Å². The molecule has 1 rings (SSSR count). The van der Waals surface area contributed by atoms with Crippen molar-refractivity contribution in [1.29, 1.82) is 0 Å². The Balaban J connectivity index is 3.16. The van der Waals surface area contributed by atoms with E-state index in [2.05, 4.69) is 25.5 Å².